The molecule has 1 aromatic heterocycles. The number of aryl methyl sites for hydroxylation is 1. The van der Waals surface area contributed by atoms with E-state index < -0.39 is 0 Å². The zero-order chi connectivity index (χ0) is 17.2. The highest BCUT2D eigenvalue weighted by molar-refractivity contribution is 5.79. The second-order valence-corrected chi connectivity index (χ2v) is 7.58. The standard InChI is InChI=1S/C21H27N3O/c1-16-13-22-20(24(16)14-17-7-3-2-4-8-17)19-11-12-23(15-19)21(25)18-9-5-6-10-18/h2-4,7-8,13,18-19H,5-6,9-12,14-15H2,1H3. The quantitative estimate of drug-likeness (QED) is 0.852. The molecule has 1 aliphatic carbocycles. The Morgan fingerprint density at radius 3 is 2.68 bits per heavy atom. The van der Waals surface area contributed by atoms with Gasteiger partial charge in [-0.2, -0.15) is 0 Å². The Balaban J connectivity index is 1.48. The van der Waals surface area contributed by atoms with Crippen LogP contribution in [0.1, 0.15) is 55.1 Å². The molecule has 1 unspecified atom stereocenters. The summed E-state index contributed by atoms with van der Waals surface area (Å²) in [5, 5.41) is 0. The number of likely N-dealkylation sites (tertiary alicyclic amines) is 1. The van der Waals surface area contributed by atoms with Crippen molar-refractivity contribution in [3.8, 4) is 0 Å². The number of imidazole rings is 1. The number of hydrogen-bond acceptors (Lipinski definition) is 2. The average Bonchev–Trinajstić information content (AvgIpc) is 3.37. The molecule has 4 heteroatoms. The van der Waals surface area contributed by atoms with Crippen molar-refractivity contribution in [2.75, 3.05) is 13.1 Å². The molecule has 4 nitrogen and oxygen atoms in total. The SMILES string of the molecule is Cc1cnc(C2CCN(C(=O)C3CCCC3)C2)n1Cc1ccccc1. The lowest BCUT2D eigenvalue weighted by molar-refractivity contribution is -0.134. The number of carbonyl (C=O) groups excluding carboxylic acids is 1. The van der Waals surface area contributed by atoms with Crippen LogP contribution in [-0.2, 0) is 11.3 Å². The number of amides is 1. The van der Waals surface area contributed by atoms with Crippen molar-refractivity contribution < 1.29 is 4.79 Å². The van der Waals surface area contributed by atoms with Crippen LogP contribution in [0.15, 0.2) is 36.5 Å². The minimum absolute atomic E-state index is 0.282. The Morgan fingerprint density at radius 2 is 1.92 bits per heavy atom. The molecular weight excluding hydrogens is 310 g/mol. The Kier molecular flexibility index (Phi) is 4.60. The predicted octanol–water partition coefficient (Wildman–Crippen LogP) is 3.75. The first-order valence-corrected chi connectivity index (χ1v) is 9.57. The van der Waals surface area contributed by atoms with E-state index in [1.807, 2.05) is 6.20 Å². The Labute approximate surface area is 149 Å². The second kappa shape index (κ2) is 7.03. The molecule has 132 valence electrons. The van der Waals surface area contributed by atoms with Gasteiger partial charge in [0.15, 0.2) is 0 Å². The van der Waals surface area contributed by atoms with E-state index in [2.05, 4.69) is 46.7 Å². The van der Waals surface area contributed by atoms with Gasteiger partial charge in [-0.25, -0.2) is 4.98 Å². The van der Waals surface area contributed by atoms with Gasteiger partial charge in [0.25, 0.3) is 0 Å². The van der Waals surface area contributed by atoms with Gasteiger partial charge in [0.2, 0.25) is 5.91 Å². The lowest BCUT2D eigenvalue weighted by Gasteiger charge is -2.21. The highest BCUT2D eigenvalue weighted by atomic mass is 16.2. The van der Waals surface area contributed by atoms with Gasteiger partial charge in [0.05, 0.1) is 0 Å². The first kappa shape index (κ1) is 16.4. The molecule has 0 bridgehead atoms. The Hall–Kier alpha value is -2.10. The fourth-order valence-corrected chi connectivity index (χ4v) is 4.38. The summed E-state index contributed by atoms with van der Waals surface area (Å²) < 4.78 is 2.32. The smallest absolute Gasteiger partial charge is 0.225 e. The third-order valence-corrected chi connectivity index (χ3v) is 5.84. The van der Waals surface area contributed by atoms with Crippen LogP contribution in [0.3, 0.4) is 0 Å². The molecule has 1 aromatic carbocycles. The third kappa shape index (κ3) is 3.35. The minimum atomic E-state index is 0.282. The van der Waals surface area contributed by atoms with Crippen molar-refractivity contribution in [1.82, 2.24) is 14.5 Å². The largest absolute Gasteiger partial charge is 0.342 e. The molecule has 0 spiro atoms. The van der Waals surface area contributed by atoms with Crippen molar-refractivity contribution in [2.45, 2.75) is 51.5 Å². The maximum absolute atomic E-state index is 12.7. The average molecular weight is 337 g/mol. The molecule has 1 atom stereocenters. The molecule has 1 amide bonds. The van der Waals surface area contributed by atoms with Crippen LogP contribution < -0.4 is 0 Å². The molecule has 1 saturated heterocycles. The number of carbonyl (C=O) groups is 1. The van der Waals surface area contributed by atoms with Crippen molar-refractivity contribution in [2.24, 2.45) is 5.92 Å². The van der Waals surface area contributed by atoms with Gasteiger partial charge in [-0.15, -0.1) is 0 Å². The molecule has 2 aliphatic rings. The van der Waals surface area contributed by atoms with Crippen LogP contribution in [0.2, 0.25) is 0 Å². The highest BCUT2D eigenvalue weighted by Gasteiger charge is 2.34. The van der Waals surface area contributed by atoms with Gasteiger partial charge in [-0.1, -0.05) is 43.2 Å². The fourth-order valence-electron chi connectivity index (χ4n) is 4.38. The Bertz CT molecular complexity index is 731. The summed E-state index contributed by atoms with van der Waals surface area (Å²) in [6, 6.07) is 10.5. The molecule has 1 saturated carbocycles. The maximum atomic E-state index is 12.7. The van der Waals surface area contributed by atoms with Crippen molar-refractivity contribution in [3.63, 3.8) is 0 Å². The van der Waals surface area contributed by atoms with Gasteiger partial charge in [-0.05, 0) is 31.7 Å². The van der Waals surface area contributed by atoms with Crippen molar-refractivity contribution in [1.29, 1.82) is 0 Å². The van der Waals surface area contributed by atoms with Gasteiger partial charge in [0, 0.05) is 43.4 Å². The first-order chi connectivity index (χ1) is 12.2. The molecular formula is C21H27N3O. The number of aromatic nitrogens is 2. The van der Waals surface area contributed by atoms with Crippen LogP contribution in [0.4, 0.5) is 0 Å². The first-order valence-electron chi connectivity index (χ1n) is 9.57. The third-order valence-electron chi connectivity index (χ3n) is 5.84. The van der Waals surface area contributed by atoms with Gasteiger partial charge >= 0.3 is 0 Å². The number of benzene rings is 1. The van der Waals surface area contributed by atoms with E-state index in [4.69, 9.17) is 4.98 Å². The van der Waals surface area contributed by atoms with Crippen LogP contribution in [-0.4, -0.2) is 33.4 Å². The normalized spacial score (nSPS) is 21.2. The monoisotopic (exact) mass is 337 g/mol. The molecule has 1 aliphatic heterocycles. The van der Waals surface area contributed by atoms with E-state index in [0.717, 1.165) is 44.7 Å². The summed E-state index contributed by atoms with van der Waals surface area (Å²) in [6.45, 7) is 4.70. The van der Waals surface area contributed by atoms with E-state index in [0.29, 0.717) is 11.8 Å². The van der Waals surface area contributed by atoms with Crippen LogP contribution in [0.25, 0.3) is 0 Å². The molecule has 2 aromatic rings. The van der Waals surface area contributed by atoms with Gasteiger partial charge in [0.1, 0.15) is 5.82 Å². The predicted molar refractivity (Wildman–Crippen MR) is 98.4 cm³/mol. The number of hydrogen-bond donors (Lipinski definition) is 0. The van der Waals surface area contributed by atoms with Crippen LogP contribution in [0.5, 0.6) is 0 Å². The van der Waals surface area contributed by atoms with E-state index in [1.54, 1.807) is 0 Å². The van der Waals surface area contributed by atoms with E-state index in [1.165, 1.54) is 24.1 Å². The number of rotatable bonds is 4. The molecule has 2 fully saturated rings. The van der Waals surface area contributed by atoms with E-state index >= 15 is 0 Å². The highest BCUT2D eigenvalue weighted by Crippen LogP contribution is 2.32. The van der Waals surface area contributed by atoms with Gasteiger partial charge < -0.3 is 9.47 Å². The lowest BCUT2D eigenvalue weighted by atomic mass is 10.1. The second-order valence-electron chi connectivity index (χ2n) is 7.58. The zero-order valence-corrected chi connectivity index (χ0v) is 15.0. The maximum Gasteiger partial charge on any atom is 0.225 e. The summed E-state index contributed by atoms with van der Waals surface area (Å²) in [5.74, 6) is 2.17. The van der Waals surface area contributed by atoms with E-state index in [9.17, 15) is 4.79 Å². The zero-order valence-electron chi connectivity index (χ0n) is 15.0. The summed E-state index contributed by atoms with van der Waals surface area (Å²) >= 11 is 0. The Morgan fingerprint density at radius 1 is 1.16 bits per heavy atom. The molecule has 4 rings (SSSR count). The molecule has 25 heavy (non-hydrogen) atoms. The van der Waals surface area contributed by atoms with Crippen molar-refractivity contribution in [3.05, 3.63) is 53.6 Å². The molecule has 0 radical (unpaired) electrons. The molecule has 2 heterocycles. The van der Waals surface area contributed by atoms with E-state index in [-0.39, 0.29) is 5.92 Å². The summed E-state index contributed by atoms with van der Waals surface area (Å²) in [6.07, 6.45) is 7.61. The van der Waals surface area contributed by atoms with Crippen LogP contribution >= 0.6 is 0 Å². The summed E-state index contributed by atoms with van der Waals surface area (Å²) in [7, 11) is 0. The summed E-state index contributed by atoms with van der Waals surface area (Å²) in [4.78, 5) is 19.5. The van der Waals surface area contributed by atoms with Gasteiger partial charge in [-0.3, -0.25) is 4.79 Å². The van der Waals surface area contributed by atoms with Crippen LogP contribution in [0, 0.1) is 12.8 Å². The lowest BCUT2D eigenvalue weighted by Crippen LogP contribution is -2.33. The number of nitrogens with zero attached hydrogens (tertiary/aromatic N) is 3. The topological polar surface area (TPSA) is 38.1 Å². The summed E-state index contributed by atoms with van der Waals surface area (Å²) in [5.41, 5.74) is 2.49. The minimum Gasteiger partial charge on any atom is -0.342 e. The molecule has 0 N–H and O–H groups in total. The van der Waals surface area contributed by atoms with Crippen molar-refractivity contribution >= 4 is 5.91 Å². The fraction of sp³-hybridized carbons (Fsp3) is 0.524.